The number of carbonyl (C=O) groups is 2. The molecule has 0 aliphatic carbocycles. The third kappa shape index (κ3) is 3.73. The summed E-state index contributed by atoms with van der Waals surface area (Å²) in [5, 5.41) is 9.40. The summed E-state index contributed by atoms with van der Waals surface area (Å²) in [6, 6.07) is 6.59. The number of carboxylic acid groups (broad SMARTS) is 1. The predicted molar refractivity (Wildman–Crippen MR) is 75.6 cm³/mol. The molecule has 1 unspecified atom stereocenters. The Morgan fingerprint density at radius 3 is 2.95 bits per heavy atom. The Labute approximate surface area is 116 Å². The van der Waals surface area contributed by atoms with Crippen LogP contribution in [0.5, 0.6) is 0 Å². The monoisotopic (exact) mass is 279 g/mol. The zero-order valence-corrected chi connectivity index (χ0v) is 11.7. The minimum absolute atomic E-state index is 0.0784. The van der Waals surface area contributed by atoms with Crippen LogP contribution in [0, 0.1) is 0 Å². The molecule has 1 amide bonds. The van der Waals surface area contributed by atoms with E-state index in [1.54, 1.807) is 18.2 Å². The van der Waals surface area contributed by atoms with E-state index >= 15 is 0 Å². The third-order valence-corrected chi connectivity index (χ3v) is 4.26. The molecule has 1 N–H and O–H groups in total. The van der Waals surface area contributed by atoms with Gasteiger partial charge in [-0.3, -0.25) is 4.79 Å². The van der Waals surface area contributed by atoms with Crippen molar-refractivity contribution in [1.29, 1.82) is 0 Å². The molecule has 1 aromatic carbocycles. The van der Waals surface area contributed by atoms with Crippen molar-refractivity contribution < 1.29 is 14.7 Å². The second-order valence-electron chi connectivity index (χ2n) is 4.70. The quantitative estimate of drug-likeness (QED) is 0.918. The number of hydrogen-bond acceptors (Lipinski definition) is 3. The first-order valence-corrected chi connectivity index (χ1v) is 7.33. The number of aromatic carboxylic acids is 1. The van der Waals surface area contributed by atoms with Crippen LogP contribution in [-0.2, 0) is 11.2 Å². The molecule has 1 heterocycles. The van der Waals surface area contributed by atoms with E-state index in [0.29, 0.717) is 5.25 Å². The molecule has 102 valence electrons. The van der Waals surface area contributed by atoms with Crippen LogP contribution >= 0.6 is 11.8 Å². The molecule has 1 aromatic rings. The Morgan fingerprint density at radius 2 is 2.26 bits per heavy atom. The van der Waals surface area contributed by atoms with Gasteiger partial charge < -0.3 is 10.0 Å². The summed E-state index contributed by atoms with van der Waals surface area (Å²) < 4.78 is 0. The van der Waals surface area contributed by atoms with Gasteiger partial charge in [0.2, 0.25) is 5.91 Å². The second-order valence-corrected chi connectivity index (χ2v) is 6.25. The summed E-state index contributed by atoms with van der Waals surface area (Å²) >= 11 is 1.88. The van der Waals surface area contributed by atoms with Gasteiger partial charge in [-0.25, -0.2) is 4.79 Å². The van der Waals surface area contributed by atoms with Crippen molar-refractivity contribution >= 4 is 23.6 Å². The van der Waals surface area contributed by atoms with Crippen LogP contribution < -0.4 is 0 Å². The average Bonchev–Trinajstić information content (AvgIpc) is 2.39. The molecule has 19 heavy (non-hydrogen) atoms. The molecule has 0 aromatic heterocycles. The number of nitrogens with zero attached hydrogens (tertiary/aromatic N) is 1. The SMILES string of the molecule is CC1CN(C(=O)Cc2cccc(C(=O)O)c2)CCS1. The van der Waals surface area contributed by atoms with Crippen LogP contribution in [0.25, 0.3) is 0 Å². The Bertz CT molecular complexity index is 489. The molecule has 2 rings (SSSR count). The van der Waals surface area contributed by atoms with E-state index in [4.69, 9.17) is 5.11 Å². The molecular formula is C14H17NO3S. The fourth-order valence-corrected chi connectivity index (χ4v) is 3.16. The van der Waals surface area contributed by atoms with Gasteiger partial charge in [0.1, 0.15) is 0 Å². The fourth-order valence-electron chi connectivity index (χ4n) is 2.15. The number of amides is 1. The topological polar surface area (TPSA) is 57.6 Å². The zero-order chi connectivity index (χ0) is 13.8. The van der Waals surface area contributed by atoms with E-state index < -0.39 is 5.97 Å². The summed E-state index contributed by atoms with van der Waals surface area (Å²) in [6.07, 6.45) is 0.276. The average molecular weight is 279 g/mol. The molecular weight excluding hydrogens is 262 g/mol. The number of carbonyl (C=O) groups excluding carboxylic acids is 1. The van der Waals surface area contributed by atoms with Crippen molar-refractivity contribution in [1.82, 2.24) is 4.90 Å². The molecule has 5 heteroatoms. The van der Waals surface area contributed by atoms with Crippen molar-refractivity contribution in [3.05, 3.63) is 35.4 Å². The number of thioether (sulfide) groups is 1. The summed E-state index contributed by atoms with van der Waals surface area (Å²) in [7, 11) is 0. The maximum absolute atomic E-state index is 12.2. The van der Waals surface area contributed by atoms with Gasteiger partial charge in [-0.05, 0) is 17.7 Å². The molecule has 0 saturated carbocycles. The molecule has 1 saturated heterocycles. The van der Waals surface area contributed by atoms with Gasteiger partial charge in [0.15, 0.2) is 0 Å². The zero-order valence-electron chi connectivity index (χ0n) is 10.8. The van der Waals surface area contributed by atoms with E-state index in [-0.39, 0.29) is 17.9 Å². The molecule has 1 aliphatic rings. The lowest BCUT2D eigenvalue weighted by molar-refractivity contribution is -0.130. The van der Waals surface area contributed by atoms with Crippen LogP contribution in [0.15, 0.2) is 24.3 Å². The number of hydrogen-bond donors (Lipinski definition) is 1. The number of carboxylic acids is 1. The third-order valence-electron chi connectivity index (χ3n) is 3.12. The van der Waals surface area contributed by atoms with E-state index in [9.17, 15) is 9.59 Å². The van der Waals surface area contributed by atoms with Gasteiger partial charge in [0.05, 0.1) is 12.0 Å². The van der Waals surface area contributed by atoms with E-state index in [1.165, 1.54) is 6.07 Å². The normalized spacial score (nSPS) is 19.2. The summed E-state index contributed by atoms with van der Waals surface area (Å²) in [5.41, 5.74) is 0.989. The summed E-state index contributed by atoms with van der Waals surface area (Å²) in [5.74, 6) is 0.0919. The molecule has 0 spiro atoms. The first kappa shape index (κ1) is 13.9. The maximum Gasteiger partial charge on any atom is 0.335 e. The van der Waals surface area contributed by atoms with Gasteiger partial charge in [0, 0.05) is 24.1 Å². The molecule has 1 atom stereocenters. The second kappa shape index (κ2) is 6.10. The maximum atomic E-state index is 12.2. The lowest BCUT2D eigenvalue weighted by atomic mass is 10.1. The molecule has 0 radical (unpaired) electrons. The minimum atomic E-state index is -0.961. The van der Waals surface area contributed by atoms with Gasteiger partial charge in [-0.1, -0.05) is 19.1 Å². The van der Waals surface area contributed by atoms with Crippen molar-refractivity contribution in [2.24, 2.45) is 0 Å². The largest absolute Gasteiger partial charge is 0.478 e. The Morgan fingerprint density at radius 1 is 1.47 bits per heavy atom. The van der Waals surface area contributed by atoms with Crippen molar-refractivity contribution in [3.63, 3.8) is 0 Å². The lowest BCUT2D eigenvalue weighted by Gasteiger charge is -2.30. The van der Waals surface area contributed by atoms with Crippen molar-refractivity contribution in [2.45, 2.75) is 18.6 Å². The van der Waals surface area contributed by atoms with E-state index in [1.807, 2.05) is 16.7 Å². The molecule has 0 bridgehead atoms. The molecule has 4 nitrogen and oxygen atoms in total. The first-order valence-electron chi connectivity index (χ1n) is 6.28. The van der Waals surface area contributed by atoms with E-state index in [2.05, 4.69) is 6.92 Å². The molecule has 1 fully saturated rings. The van der Waals surface area contributed by atoms with Crippen LogP contribution in [0.3, 0.4) is 0 Å². The standard InChI is InChI=1S/C14H17NO3S/c1-10-9-15(5-6-19-10)13(16)8-11-3-2-4-12(7-11)14(17)18/h2-4,7,10H,5-6,8-9H2,1H3,(H,17,18). The predicted octanol–water partition coefficient (Wildman–Crippen LogP) is 1.89. The number of benzene rings is 1. The smallest absolute Gasteiger partial charge is 0.335 e. The highest BCUT2D eigenvalue weighted by Gasteiger charge is 2.21. The Hall–Kier alpha value is -1.49. The highest BCUT2D eigenvalue weighted by Crippen LogP contribution is 2.18. The van der Waals surface area contributed by atoms with E-state index in [0.717, 1.165) is 24.4 Å². The van der Waals surface area contributed by atoms with Crippen LogP contribution in [0.4, 0.5) is 0 Å². The van der Waals surface area contributed by atoms with Crippen molar-refractivity contribution in [3.8, 4) is 0 Å². The number of rotatable bonds is 3. The lowest BCUT2D eigenvalue weighted by Crippen LogP contribution is -2.41. The first-order chi connectivity index (χ1) is 9.06. The Balaban J connectivity index is 2.02. The highest BCUT2D eigenvalue weighted by molar-refractivity contribution is 7.99. The summed E-state index contributed by atoms with van der Waals surface area (Å²) in [6.45, 7) is 3.68. The van der Waals surface area contributed by atoms with Gasteiger partial charge >= 0.3 is 5.97 Å². The fraction of sp³-hybridized carbons (Fsp3) is 0.429. The minimum Gasteiger partial charge on any atom is -0.478 e. The summed E-state index contributed by atoms with van der Waals surface area (Å²) in [4.78, 5) is 24.9. The highest BCUT2D eigenvalue weighted by atomic mass is 32.2. The molecule has 1 aliphatic heterocycles. The van der Waals surface area contributed by atoms with Gasteiger partial charge in [-0.15, -0.1) is 0 Å². The van der Waals surface area contributed by atoms with Gasteiger partial charge in [-0.2, -0.15) is 11.8 Å². The van der Waals surface area contributed by atoms with Crippen LogP contribution in [-0.4, -0.2) is 46.0 Å². The Kier molecular flexibility index (Phi) is 4.47. The van der Waals surface area contributed by atoms with Crippen LogP contribution in [0.2, 0.25) is 0 Å². The van der Waals surface area contributed by atoms with Crippen LogP contribution in [0.1, 0.15) is 22.8 Å². The van der Waals surface area contributed by atoms with Gasteiger partial charge in [0.25, 0.3) is 0 Å². The van der Waals surface area contributed by atoms with Crippen molar-refractivity contribution in [2.75, 3.05) is 18.8 Å².